The van der Waals surface area contributed by atoms with Crippen LogP contribution >= 0.6 is 0 Å². The van der Waals surface area contributed by atoms with Crippen LogP contribution in [0.3, 0.4) is 0 Å². The summed E-state index contributed by atoms with van der Waals surface area (Å²) in [7, 11) is 0. The number of rotatable bonds is 2. The molecule has 0 saturated carbocycles. The first-order chi connectivity index (χ1) is 10.0. The summed E-state index contributed by atoms with van der Waals surface area (Å²) in [4.78, 5) is 2.01. The number of hydrogen-bond donors (Lipinski definition) is 0. The van der Waals surface area contributed by atoms with Crippen LogP contribution in [0.4, 0.5) is 18.9 Å². The fraction of sp³-hybridized carbons (Fsp3) is 0.400. The van der Waals surface area contributed by atoms with Crippen LogP contribution in [0.5, 0.6) is 0 Å². The van der Waals surface area contributed by atoms with Gasteiger partial charge in [-0.3, -0.25) is 4.68 Å². The Balaban J connectivity index is 1.70. The first-order valence-electron chi connectivity index (χ1n) is 6.95. The molecular formula is C15H16F3N3. The summed E-state index contributed by atoms with van der Waals surface area (Å²) in [5.41, 5.74) is 0.0536. The molecule has 1 aliphatic heterocycles. The molecule has 1 aliphatic rings. The molecule has 0 unspecified atom stereocenters. The monoisotopic (exact) mass is 295 g/mol. The number of aromatic nitrogens is 2. The lowest BCUT2D eigenvalue weighted by Gasteiger charge is -2.34. The summed E-state index contributed by atoms with van der Waals surface area (Å²) in [6.07, 6.45) is 1.17. The van der Waals surface area contributed by atoms with E-state index in [2.05, 4.69) is 5.10 Å². The van der Waals surface area contributed by atoms with E-state index in [-0.39, 0.29) is 0 Å². The van der Waals surface area contributed by atoms with Crippen molar-refractivity contribution in [1.82, 2.24) is 9.78 Å². The Hall–Kier alpha value is -1.98. The molecule has 1 fully saturated rings. The van der Waals surface area contributed by atoms with Crippen LogP contribution in [-0.4, -0.2) is 22.9 Å². The van der Waals surface area contributed by atoms with Crippen molar-refractivity contribution < 1.29 is 13.2 Å². The number of alkyl halides is 3. The van der Waals surface area contributed by atoms with E-state index in [1.807, 2.05) is 21.8 Å². The molecule has 1 saturated heterocycles. The van der Waals surface area contributed by atoms with Gasteiger partial charge in [-0.25, -0.2) is 0 Å². The summed E-state index contributed by atoms with van der Waals surface area (Å²) >= 11 is 0. The lowest BCUT2D eigenvalue weighted by molar-refractivity contribution is -0.137. The normalized spacial score (nSPS) is 17.2. The Labute approximate surface area is 121 Å². The third-order valence-corrected chi connectivity index (χ3v) is 3.90. The van der Waals surface area contributed by atoms with Crippen molar-refractivity contribution in [3.8, 4) is 0 Å². The molecule has 2 heterocycles. The van der Waals surface area contributed by atoms with Crippen LogP contribution < -0.4 is 4.90 Å². The summed E-state index contributed by atoms with van der Waals surface area (Å²) < 4.78 is 40.2. The zero-order valence-corrected chi connectivity index (χ0v) is 11.4. The van der Waals surface area contributed by atoms with Crippen LogP contribution in [0.25, 0.3) is 0 Å². The first-order valence-corrected chi connectivity index (χ1v) is 6.95. The second kappa shape index (κ2) is 5.42. The van der Waals surface area contributed by atoms with Gasteiger partial charge in [-0.05, 0) is 37.1 Å². The maximum Gasteiger partial charge on any atom is 0.416 e. The summed E-state index contributed by atoms with van der Waals surface area (Å²) in [6, 6.07) is 7.77. The highest BCUT2D eigenvalue weighted by molar-refractivity contribution is 5.49. The van der Waals surface area contributed by atoms with Gasteiger partial charge in [-0.15, -0.1) is 0 Å². The molecule has 6 heteroatoms. The van der Waals surface area contributed by atoms with E-state index < -0.39 is 11.7 Å². The van der Waals surface area contributed by atoms with Gasteiger partial charge in [0.25, 0.3) is 0 Å². The van der Waals surface area contributed by atoms with Gasteiger partial charge >= 0.3 is 6.18 Å². The number of anilines is 1. The first kappa shape index (κ1) is 14.0. The van der Waals surface area contributed by atoms with Gasteiger partial charge in [0.2, 0.25) is 0 Å². The standard InChI is InChI=1S/C15H16F3N3/c16-15(17,18)12-3-1-4-14(11-12)20-9-5-13(6-10-20)21-8-2-7-19-21/h1-4,7-8,11,13H,5-6,9-10H2. The van der Waals surface area contributed by atoms with Gasteiger partial charge < -0.3 is 4.90 Å². The molecule has 1 aromatic heterocycles. The second-order valence-electron chi connectivity index (χ2n) is 5.25. The quantitative estimate of drug-likeness (QED) is 0.841. The molecule has 1 aromatic carbocycles. The number of piperidine rings is 1. The van der Waals surface area contributed by atoms with Gasteiger partial charge in [0.1, 0.15) is 0 Å². The average Bonchev–Trinajstić information content (AvgIpc) is 3.01. The van der Waals surface area contributed by atoms with Gasteiger partial charge in [0.05, 0.1) is 11.6 Å². The van der Waals surface area contributed by atoms with Gasteiger partial charge in [0.15, 0.2) is 0 Å². The molecule has 3 rings (SSSR count). The third kappa shape index (κ3) is 3.04. The van der Waals surface area contributed by atoms with E-state index in [0.29, 0.717) is 11.7 Å². The van der Waals surface area contributed by atoms with E-state index in [0.717, 1.165) is 32.0 Å². The maximum atomic E-state index is 12.8. The van der Waals surface area contributed by atoms with Gasteiger partial charge in [-0.1, -0.05) is 6.07 Å². The zero-order chi connectivity index (χ0) is 14.9. The van der Waals surface area contributed by atoms with Crippen LogP contribution in [0.1, 0.15) is 24.4 Å². The molecule has 0 radical (unpaired) electrons. The summed E-state index contributed by atoms with van der Waals surface area (Å²) in [6.45, 7) is 1.48. The van der Waals surface area contributed by atoms with Crippen molar-refractivity contribution in [1.29, 1.82) is 0 Å². The molecule has 0 bridgehead atoms. The van der Waals surface area contributed by atoms with Crippen molar-refractivity contribution in [2.75, 3.05) is 18.0 Å². The molecule has 21 heavy (non-hydrogen) atoms. The highest BCUT2D eigenvalue weighted by Crippen LogP contribution is 2.33. The fourth-order valence-electron chi connectivity index (χ4n) is 2.76. The lowest BCUT2D eigenvalue weighted by atomic mass is 10.0. The predicted octanol–water partition coefficient (Wildman–Crippen LogP) is 3.74. The Morgan fingerprint density at radius 2 is 1.86 bits per heavy atom. The minimum absolute atomic E-state index is 0.335. The second-order valence-corrected chi connectivity index (χ2v) is 5.25. The molecule has 0 atom stereocenters. The molecule has 112 valence electrons. The van der Waals surface area contributed by atoms with Crippen LogP contribution in [-0.2, 0) is 6.18 Å². The highest BCUT2D eigenvalue weighted by Gasteiger charge is 2.31. The molecule has 0 aliphatic carbocycles. The smallest absolute Gasteiger partial charge is 0.371 e. The molecule has 0 amide bonds. The largest absolute Gasteiger partial charge is 0.416 e. The minimum atomic E-state index is -4.29. The number of nitrogens with zero attached hydrogens (tertiary/aromatic N) is 3. The van der Waals surface area contributed by atoms with Crippen molar-refractivity contribution >= 4 is 5.69 Å². The van der Waals surface area contributed by atoms with Gasteiger partial charge in [-0.2, -0.15) is 18.3 Å². The predicted molar refractivity (Wildman–Crippen MR) is 74.2 cm³/mol. The summed E-state index contributed by atoms with van der Waals surface area (Å²) in [5.74, 6) is 0. The van der Waals surface area contributed by atoms with Crippen LogP contribution in [0.2, 0.25) is 0 Å². The maximum absolute atomic E-state index is 12.8. The topological polar surface area (TPSA) is 21.1 Å². The van der Waals surface area contributed by atoms with E-state index in [1.54, 1.807) is 12.3 Å². The Morgan fingerprint density at radius 3 is 2.48 bits per heavy atom. The fourth-order valence-corrected chi connectivity index (χ4v) is 2.76. The molecule has 3 nitrogen and oxygen atoms in total. The highest BCUT2D eigenvalue weighted by atomic mass is 19.4. The lowest BCUT2D eigenvalue weighted by Crippen LogP contribution is -2.34. The summed E-state index contributed by atoms with van der Waals surface area (Å²) in [5, 5.41) is 4.23. The van der Waals surface area contributed by atoms with Crippen molar-refractivity contribution in [3.05, 3.63) is 48.3 Å². The van der Waals surface area contributed by atoms with Crippen molar-refractivity contribution in [2.45, 2.75) is 25.1 Å². The number of halogens is 3. The van der Waals surface area contributed by atoms with Crippen LogP contribution in [0, 0.1) is 0 Å². The van der Waals surface area contributed by atoms with Crippen LogP contribution in [0.15, 0.2) is 42.7 Å². The van der Waals surface area contributed by atoms with E-state index in [1.165, 1.54) is 12.1 Å². The third-order valence-electron chi connectivity index (χ3n) is 3.90. The Bertz CT molecular complexity index is 584. The Kier molecular flexibility index (Phi) is 3.61. The average molecular weight is 295 g/mol. The molecular weight excluding hydrogens is 279 g/mol. The molecule has 0 spiro atoms. The zero-order valence-electron chi connectivity index (χ0n) is 11.4. The SMILES string of the molecule is FC(F)(F)c1cccc(N2CCC(n3cccn3)CC2)c1. The van der Waals surface area contributed by atoms with Gasteiger partial charge in [0, 0.05) is 31.2 Å². The number of hydrogen-bond acceptors (Lipinski definition) is 2. The molecule has 2 aromatic rings. The van der Waals surface area contributed by atoms with E-state index in [9.17, 15) is 13.2 Å². The van der Waals surface area contributed by atoms with Crippen molar-refractivity contribution in [2.24, 2.45) is 0 Å². The van der Waals surface area contributed by atoms with E-state index >= 15 is 0 Å². The van der Waals surface area contributed by atoms with Crippen molar-refractivity contribution in [3.63, 3.8) is 0 Å². The Morgan fingerprint density at radius 1 is 1.10 bits per heavy atom. The minimum Gasteiger partial charge on any atom is -0.371 e. The molecule has 0 N–H and O–H groups in total. The van der Waals surface area contributed by atoms with E-state index in [4.69, 9.17) is 0 Å². The number of benzene rings is 1.